The van der Waals surface area contributed by atoms with Crippen molar-refractivity contribution in [2.45, 2.75) is 31.2 Å². The molecule has 1 aliphatic heterocycles. The Labute approximate surface area is 120 Å². The number of esters is 1. The van der Waals surface area contributed by atoms with Crippen molar-refractivity contribution in [1.29, 1.82) is 0 Å². The van der Waals surface area contributed by atoms with Gasteiger partial charge in [0.05, 0.1) is 13.0 Å². The molecule has 4 nitrogen and oxygen atoms in total. The maximum Gasteiger partial charge on any atom is 0.314 e. The summed E-state index contributed by atoms with van der Waals surface area (Å²) >= 11 is 0. The van der Waals surface area contributed by atoms with Crippen molar-refractivity contribution in [3.05, 3.63) is 29.8 Å². The number of nitrogens with one attached hydrogen (secondary N) is 1. The quantitative estimate of drug-likeness (QED) is 0.659. The molecule has 2 rings (SSSR count). The Kier molecular flexibility index (Phi) is 6.12. The summed E-state index contributed by atoms with van der Waals surface area (Å²) in [6.07, 6.45) is 3.31. The Hall–Kier alpha value is -1.26. The van der Waals surface area contributed by atoms with E-state index in [1.165, 1.54) is 13.5 Å². The minimum absolute atomic E-state index is 0. The smallest absolute Gasteiger partial charge is 0.314 e. The van der Waals surface area contributed by atoms with Gasteiger partial charge >= 0.3 is 5.97 Å². The van der Waals surface area contributed by atoms with Crippen molar-refractivity contribution < 1.29 is 9.53 Å². The van der Waals surface area contributed by atoms with Crippen LogP contribution in [0.1, 0.15) is 30.7 Å². The van der Waals surface area contributed by atoms with Gasteiger partial charge in [-0.25, -0.2) is 0 Å². The first-order valence-corrected chi connectivity index (χ1v) is 6.39. The highest BCUT2D eigenvalue weighted by atomic mass is 35.5. The maximum absolute atomic E-state index is 12.0. The Morgan fingerprint density at radius 1 is 1.47 bits per heavy atom. The number of ether oxygens (including phenoxy) is 1. The molecule has 106 valence electrons. The predicted octanol–water partition coefficient (Wildman–Crippen LogP) is 2.09. The third kappa shape index (κ3) is 3.85. The van der Waals surface area contributed by atoms with E-state index in [0.717, 1.165) is 24.9 Å². The zero-order chi connectivity index (χ0) is 13.0. The molecule has 1 aromatic rings. The second-order valence-electron chi connectivity index (χ2n) is 4.73. The fourth-order valence-electron chi connectivity index (χ4n) is 2.58. The average Bonchev–Trinajstić information content (AvgIpc) is 2.40. The standard InChI is InChI=1S/C14H20N2O2.ClH/c1-18-14(17)13(12-7-2-3-8-16-12)10-5-4-6-11(15)9-10;/h4-6,9,12-13,16H,2-3,7-8,15H2,1H3;1H/t12-,13-;/m0./s1. The normalized spacial score (nSPS) is 20.2. The number of halogens is 1. The van der Waals surface area contributed by atoms with Gasteiger partial charge in [0.2, 0.25) is 0 Å². The van der Waals surface area contributed by atoms with E-state index in [9.17, 15) is 4.79 Å². The summed E-state index contributed by atoms with van der Waals surface area (Å²) < 4.78 is 4.94. The third-order valence-electron chi connectivity index (χ3n) is 3.48. The summed E-state index contributed by atoms with van der Waals surface area (Å²) in [5.41, 5.74) is 7.40. The van der Waals surface area contributed by atoms with E-state index in [-0.39, 0.29) is 30.3 Å². The summed E-state index contributed by atoms with van der Waals surface area (Å²) in [7, 11) is 1.43. The molecule has 0 amide bonds. The molecule has 19 heavy (non-hydrogen) atoms. The molecule has 5 heteroatoms. The van der Waals surface area contributed by atoms with E-state index < -0.39 is 0 Å². The molecule has 0 bridgehead atoms. The number of carbonyl (C=O) groups excluding carboxylic acids is 1. The first kappa shape index (κ1) is 15.8. The lowest BCUT2D eigenvalue weighted by Crippen LogP contribution is -2.42. The van der Waals surface area contributed by atoms with Crippen LogP contribution in [0, 0.1) is 0 Å². The van der Waals surface area contributed by atoms with Crippen LogP contribution >= 0.6 is 12.4 Å². The SMILES string of the molecule is COC(=O)[C@@H](c1cccc(N)c1)[C@@H]1CCCCN1.Cl. The molecule has 1 saturated heterocycles. The molecule has 2 atom stereocenters. The molecule has 1 heterocycles. The molecular weight excluding hydrogens is 264 g/mol. The number of benzene rings is 1. The number of methoxy groups -OCH3 is 1. The van der Waals surface area contributed by atoms with Gasteiger partial charge in [0.1, 0.15) is 0 Å². The van der Waals surface area contributed by atoms with Crippen LogP contribution in [0.25, 0.3) is 0 Å². The van der Waals surface area contributed by atoms with E-state index in [2.05, 4.69) is 5.32 Å². The highest BCUT2D eigenvalue weighted by Gasteiger charge is 2.31. The first-order chi connectivity index (χ1) is 8.72. The minimum Gasteiger partial charge on any atom is -0.469 e. The first-order valence-electron chi connectivity index (χ1n) is 6.39. The topological polar surface area (TPSA) is 64.3 Å². The average molecular weight is 285 g/mol. The number of rotatable bonds is 3. The van der Waals surface area contributed by atoms with Crippen LogP contribution in [0.2, 0.25) is 0 Å². The minimum atomic E-state index is -0.265. The molecular formula is C14H21ClN2O2. The Morgan fingerprint density at radius 3 is 2.84 bits per heavy atom. The largest absolute Gasteiger partial charge is 0.469 e. The number of nitrogens with two attached hydrogens (primary N) is 1. The van der Waals surface area contributed by atoms with Crippen LogP contribution in [0.5, 0.6) is 0 Å². The summed E-state index contributed by atoms with van der Waals surface area (Å²) in [6, 6.07) is 7.65. The van der Waals surface area contributed by atoms with Crippen LogP contribution in [0.3, 0.4) is 0 Å². The van der Waals surface area contributed by atoms with Crippen molar-refractivity contribution in [1.82, 2.24) is 5.32 Å². The fraction of sp³-hybridized carbons (Fsp3) is 0.500. The van der Waals surface area contributed by atoms with E-state index in [1.54, 1.807) is 0 Å². The van der Waals surface area contributed by atoms with Crippen LogP contribution in [0.4, 0.5) is 5.69 Å². The Morgan fingerprint density at radius 2 is 2.26 bits per heavy atom. The lowest BCUT2D eigenvalue weighted by molar-refractivity contribution is -0.143. The molecule has 0 aliphatic carbocycles. The molecule has 3 N–H and O–H groups in total. The zero-order valence-corrected chi connectivity index (χ0v) is 11.9. The van der Waals surface area contributed by atoms with Gasteiger partial charge in [-0.1, -0.05) is 18.6 Å². The predicted molar refractivity (Wildman–Crippen MR) is 78.5 cm³/mol. The monoisotopic (exact) mass is 284 g/mol. The van der Waals surface area contributed by atoms with E-state index >= 15 is 0 Å². The number of hydrogen-bond donors (Lipinski definition) is 2. The summed E-state index contributed by atoms with van der Waals surface area (Å²) in [4.78, 5) is 12.0. The lowest BCUT2D eigenvalue weighted by atomic mass is 9.86. The summed E-state index contributed by atoms with van der Waals surface area (Å²) in [5, 5.41) is 3.41. The zero-order valence-electron chi connectivity index (χ0n) is 11.1. The van der Waals surface area contributed by atoms with Crippen molar-refractivity contribution in [2.24, 2.45) is 0 Å². The van der Waals surface area contributed by atoms with Gasteiger partial charge in [0.15, 0.2) is 0 Å². The highest BCUT2D eigenvalue weighted by molar-refractivity contribution is 5.85. The number of piperidine rings is 1. The third-order valence-corrected chi connectivity index (χ3v) is 3.48. The van der Waals surface area contributed by atoms with E-state index in [1.807, 2.05) is 24.3 Å². The van der Waals surface area contributed by atoms with Crippen molar-refractivity contribution in [2.75, 3.05) is 19.4 Å². The molecule has 0 spiro atoms. The molecule has 1 aromatic carbocycles. The van der Waals surface area contributed by atoms with Gasteiger partial charge in [-0.15, -0.1) is 12.4 Å². The number of anilines is 1. The van der Waals surface area contributed by atoms with Gasteiger partial charge in [0.25, 0.3) is 0 Å². The number of nitrogen functional groups attached to an aromatic ring is 1. The molecule has 0 aromatic heterocycles. The summed E-state index contributed by atoms with van der Waals surface area (Å²) in [5.74, 6) is -0.459. The molecule has 0 radical (unpaired) electrons. The molecule has 1 fully saturated rings. The molecule has 0 saturated carbocycles. The fourth-order valence-corrected chi connectivity index (χ4v) is 2.58. The maximum atomic E-state index is 12.0. The Balaban J connectivity index is 0.00000180. The molecule has 1 aliphatic rings. The van der Waals surface area contributed by atoms with Crippen molar-refractivity contribution >= 4 is 24.1 Å². The van der Waals surface area contributed by atoms with Crippen LogP contribution < -0.4 is 11.1 Å². The van der Waals surface area contributed by atoms with Crippen LogP contribution in [-0.2, 0) is 9.53 Å². The van der Waals surface area contributed by atoms with Gasteiger partial charge in [-0.3, -0.25) is 4.79 Å². The van der Waals surface area contributed by atoms with Crippen LogP contribution in [-0.4, -0.2) is 25.7 Å². The van der Waals surface area contributed by atoms with E-state index in [4.69, 9.17) is 10.5 Å². The highest BCUT2D eigenvalue weighted by Crippen LogP contribution is 2.27. The lowest BCUT2D eigenvalue weighted by Gasteiger charge is -2.30. The van der Waals surface area contributed by atoms with Gasteiger partial charge in [-0.05, 0) is 37.1 Å². The van der Waals surface area contributed by atoms with Gasteiger partial charge in [0, 0.05) is 11.7 Å². The van der Waals surface area contributed by atoms with Gasteiger partial charge < -0.3 is 15.8 Å². The van der Waals surface area contributed by atoms with Gasteiger partial charge in [-0.2, -0.15) is 0 Å². The van der Waals surface area contributed by atoms with Crippen LogP contribution in [0.15, 0.2) is 24.3 Å². The second-order valence-corrected chi connectivity index (χ2v) is 4.73. The van der Waals surface area contributed by atoms with Crippen molar-refractivity contribution in [3.63, 3.8) is 0 Å². The summed E-state index contributed by atoms with van der Waals surface area (Å²) in [6.45, 7) is 0.959. The van der Waals surface area contributed by atoms with Crippen molar-refractivity contribution in [3.8, 4) is 0 Å². The number of carbonyl (C=O) groups is 1. The molecule has 0 unspecified atom stereocenters. The Bertz CT molecular complexity index is 420. The van der Waals surface area contributed by atoms with E-state index in [0.29, 0.717) is 5.69 Å². The number of hydrogen-bond acceptors (Lipinski definition) is 4. The second kappa shape index (κ2) is 7.36.